The van der Waals surface area contributed by atoms with Crippen molar-refractivity contribution in [2.24, 2.45) is 0 Å². The number of para-hydroxylation sites is 2. The van der Waals surface area contributed by atoms with Crippen molar-refractivity contribution < 1.29 is 17.7 Å². The van der Waals surface area contributed by atoms with Gasteiger partial charge in [0.1, 0.15) is 39.0 Å². The van der Waals surface area contributed by atoms with Crippen LogP contribution in [0.1, 0.15) is 0 Å². The number of hydrogen-bond donors (Lipinski definition) is 0. The molecule has 0 atom stereocenters. The van der Waals surface area contributed by atoms with E-state index in [-0.39, 0.29) is 0 Å². The van der Waals surface area contributed by atoms with E-state index in [2.05, 4.69) is 65.6 Å². The molecule has 0 saturated heterocycles. The van der Waals surface area contributed by atoms with Gasteiger partial charge in [-0.15, -0.1) is 0 Å². The Bertz CT molecular complexity index is 2960. The first-order valence-electron chi connectivity index (χ1n) is 16.2. The third-order valence-electron chi connectivity index (χ3n) is 9.48. The van der Waals surface area contributed by atoms with E-state index in [9.17, 15) is 0 Å². The maximum Gasteiger partial charge on any atom is 0.227 e. The zero-order valence-electron chi connectivity index (χ0n) is 25.9. The predicted octanol–water partition coefficient (Wildman–Crippen LogP) is 12.7. The minimum absolute atomic E-state index is 0.587. The molecule has 11 aromatic rings. The Labute approximate surface area is 278 Å². The van der Waals surface area contributed by atoms with Crippen molar-refractivity contribution in [3.05, 3.63) is 146 Å². The summed E-state index contributed by atoms with van der Waals surface area (Å²) in [7, 11) is 0. The molecule has 230 valence electrons. The van der Waals surface area contributed by atoms with Gasteiger partial charge < -0.3 is 22.6 Å². The highest BCUT2D eigenvalue weighted by atomic mass is 16.4. The van der Waals surface area contributed by atoms with E-state index in [1.54, 1.807) is 0 Å². The van der Waals surface area contributed by atoms with Gasteiger partial charge in [0.15, 0.2) is 5.58 Å². The molecule has 0 spiro atoms. The van der Waals surface area contributed by atoms with Gasteiger partial charge in [-0.05, 0) is 84.9 Å². The molecule has 0 aliphatic carbocycles. The van der Waals surface area contributed by atoms with Crippen LogP contribution in [0.5, 0.6) is 0 Å². The van der Waals surface area contributed by atoms with Gasteiger partial charge in [0.2, 0.25) is 5.89 Å². The number of aromatic nitrogens is 1. The molecule has 0 bridgehead atoms. The third-order valence-corrected chi connectivity index (χ3v) is 9.48. The van der Waals surface area contributed by atoms with E-state index < -0.39 is 0 Å². The van der Waals surface area contributed by atoms with Crippen LogP contribution in [0.25, 0.3) is 88.4 Å². The second-order valence-corrected chi connectivity index (χ2v) is 12.4. The van der Waals surface area contributed by atoms with Crippen molar-refractivity contribution >= 4 is 94.0 Å². The van der Waals surface area contributed by atoms with Gasteiger partial charge >= 0.3 is 0 Å². The normalized spacial score (nSPS) is 12.1. The molecular weight excluding hydrogens is 608 g/mol. The number of anilines is 3. The second-order valence-electron chi connectivity index (χ2n) is 12.4. The Balaban J connectivity index is 1.13. The summed E-state index contributed by atoms with van der Waals surface area (Å²) in [6.07, 6.45) is 0. The Morgan fingerprint density at radius 3 is 1.41 bits per heavy atom. The molecule has 0 saturated carbocycles. The number of benzene rings is 7. The van der Waals surface area contributed by atoms with Crippen molar-refractivity contribution in [3.63, 3.8) is 0 Å². The fraction of sp³-hybridized carbons (Fsp3) is 0. The van der Waals surface area contributed by atoms with E-state index in [1.165, 1.54) is 0 Å². The highest BCUT2D eigenvalue weighted by Gasteiger charge is 2.20. The van der Waals surface area contributed by atoms with E-state index >= 15 is 0 Å². The first-order chi connectivity index (χ1) is 24.2. The lowest BCUT2D eigenvalue weighted by molar-refractivity contribution is 0.620. The highest BCUT2D eigenvalue weighted by molar-refractivity contribution is 6.11. The van der Waals surface area contributed by atoms with Crippen molar-refractivity contribution in [3.8, 4) is 11.5 Å². The minimum Gasteiger partial charge on any atom is -0.456 e. The molecule has 0 aliphatic heterocycles. The van der Waals surface area contributed by atoms with Crippen LogP contribution in [-0.2, 0) is 0 Å². The minimum atomic E-state index is 0.587. The van der Waals surface area contributed by atoms with Crippen molar-refractivity contribution in [1.82, 2.24) is 4.98 Å². The van der Waals surface area contributed by atoms with Crippen molar-refractivity contribution in [1.29, 1.82) is 0 Å². The topological polar surface area (TPSA) is 68.7 Å². The fourth-order valence-electron chi connectivity index (χ4n) is 7.18. The molecule has 0 amide bonds. The zero-order valence-corrected chi connectivity index (χ0v) is 25.9. The Hall–Kier alpha value is -6.79. The average Bonchev–Trinajstić information content (AvgIpc) is 3.92. The summed E-state index contributed by atoms with van der Waals surface area (Å²) in [5.41, 5.74) is 10.4. The molecule has 7 aromatic carbocycles. The molecule has 11 rings (SSSR count). The van der Waals surface area contributed by atoms with Crippen LogP contribution in [-0.4, -0.2) is 4.98 Å². The third kappa shape index (κ3) is 3.98. The molecule has 6 heteroatoms. The van der Waals surface area contributed by atoms with E-state index in [0.717, 1.165) is 94.0 Å². The number of furan rings is 3. The van der Waals surface area contributed by atoms with Crippen LogP contribution < -0.4 is 4.90 Å². The molecule has 6 nitrogen and oxygen atoms in total. The molecule has 0 fully saturated rings. The summed E-state index contributed by atoms with van der Waals surface area (Å²) >= 11 is 0. The van der Waals surface area contributed by atoms with Crippen LogP contribution in [0.15, 0.2) is 163 Å². The van der Waals surface area contributed by atoms with Crippen LogP contribution in [0, 0.1) is 0 Å². The van der Waals surface area contributed by atoms with E-state index in [1.807, 2.05) is 84.9 Å². The maximum absolute atomic E-state index is 6.39. The van der Waals surface area contributed by atoms with Gasteiger partial charge in [0.05, 0.1) is 0 Å². The van der Waals surface area contributed by atoms with Crippen molar-refractivity contribution in [2.45, 2.75) is 0 Å². The fourth-order valence-corrected chi connectivity index (χ4v) is 7.18. The van der Waals surface area contributed by atoms with Gasteiger partial charge in [-0.2, -0.15) is 0 Å². The SMILES string of the molecule is c1ccc(-c2nc3cc4oc5ccc(N(c6ccc7oc8ccccc8c7c6)c6ccc7oc8ccccc8c7c6)cc5c4cc3o2)cc1. The second kappa shape index (κ2) is 9.86. The molecule has 0 aliphatic rings. The first-order valence-corrected chi connectivity index (χ1v) is 16.2. The molecule has 0 radical (unpaired) electrons. The number of hydrogen-bond acceptors (Lipinski definition) is 6. The summed E-state index contributed by atoms with van der Waals surface area (Å²) < 4.78 is 25.0. The summed E-state index contributed by atoms with van der Waals surface area (Å²) in [5, 5.41) is 6.24. The van der Waals surface area contributed by atoms with Crippen LogP contribution >= 0.6 is 0 Å². The average molecular weight is 633 g/mol. The van der Waals surface area contributed by atoms with E-state index in [0.29, 0.717) is 11.5 Å². The monoisotopic (exact) mass is 632 g/mol. The van der Waals surface area contributed by atoms with Gasteiger partial charge in [0.25, 0.3) is 0 Å². The smallest absolute Gasteiger partial charge is 0.227 e. The van der Waals surface area contributed by atoms with Crippen LogP contribution in [0.3, 0.4) is 0 Å². The molecule has 0 unspecified atom stereocenters. The summed E-state index contributed by atoms with van der Waals surface area (Å²) in [6, 6.07) is 49.4. The number of nitrogens with zero attached hydrogens (tertiary/aromatic N) is 2. The quantitative estimate of drug-likeness (QED) is 0.192. The highest BCUT2D eigenvalue weighted by Crippen LogP contribution is 2.43. The molecule has 49 heavy (non-hydrogen) atoms. The summed E-state index contributed by atoms with van der Waals surface area (Å²) in [4.78, 5) is 7.04. The van der Waals surface area contributed by atoms with Gasteiger partial charge in [-0.25, -0.2) is 4.98 Å². The maximum atomic E-state index is 6.39. The lowest BCUT2D eigenvalue weighted by atomic mass is 10.1. The largest absolute Gasteiger partial charge is 0.456 e. The Kier molecular flexibility index (Phi) is 5.29. The van der Waals surface area contributed by atoms with E-state index in [4.69, 9.17) is 22.7 Å². The van der Waals surface area contributed by atoms with Gasteiger partial charge in [-0.3, -0.25) is 0 Å². The number of oxazole rings is 1. The summed E-state index contributed by atoms with van der Waals surface area (Å²) in [5.74, 6) is 0.587. The zero-order chi connectivity index (χ0) is 32.1. The first kappa shape index (κ1) is 26.3. The molecule has 4 heterocycles. The predicted molar refractivity (Wildman–Crippen MR) is 196 cm³/mol. The lowest BCUT2D eigenvalue weighted by Crippen LogP contribution is -2.09. The lowest BCUT2D eigenvalue weighted by Gasteiger charge is -2.25. The number of rotatable bonds is 4. The standard InChI is InChI=1S/C43H24N2O4/c1-2-8-25(9-3-1)43-44-35-24-41-34(23-42(35)49-43)33-22-28(16-19-40(33)48-41)45(26-14-17-38-31(20-26)29-10-4-6-12-36(29)46-38)27-15-18-39-32(21-27)30-11-5-7-13-37(30)47-39/h1-24H. The van der Waals surface area contributed by atoms with Gasteiger partial charge in [-0.1, -0.05) is 54.6 Å². The van der Waals surface area contributed by atoms with Crippen LogP contribution in [0.2, 0.25) is 0 Å². The summed E-state index contributed by atoms with van der Waals surface area (Å²) in [6.45, 7) is 0. The number of fused-ring (bicyclic) bond motifs is 10. The van der Waals surface area contributed by atoms with Crippen LogP contribution in [0.4, 0.5) is 17.1 Å². The Morgan fingerprint density at radius 1 is 0.347 bits per heavy atom. The van der Waals surface area contributed by atoms with Gasteiger partial charge in [0, 0.05) is 61.0 Å². The molecule has 0 N–H and O–H groups in total. The molecular formula is C43H24N2O4. The Morgan fingerprint density at radius 2 is 0.816 bits per heavy atom. The van der Waals surface area contributed by atoms with Crippen molar-refractivity contribution in [2.75, 3.05) is 4.90 Å². The molecule has 4 aromatic heterocycles.